The average molecular weight is 263 g/mol. The molecule has 0 aromatic carbocycles. The summed E-state index contributed by atoms with van der Waals surface area (Å²) in [5, 5.41) is 8.66. The van der Waals surface area contributed by atoms with E-state index in [1.165, 1.54) is 25.7 Å². The van der Waals surface area contributed by atoms with Gasteiger partial charge in [0, 0.05) is 0 Å². The minimum Gasteiger partial charge on any atom is -0.374 e. The van der Waals surface area contributed by atoms with Gasteiger partial charge in [-0.25, -0.2) is 0 Å². The molecule has 0 N–H and O–H groups in total. The smallest absolute Gasteiger partial charge is 0.0660 e. The Morgan fingerprint density at radius 2 is 2.05 bits per heavy atom. The lowest BCUT2D eigenvalue weighted by Crippen LogP contribution is -2.47. The number of nitrogens with zero attached hydrogens (tertiary/aromatic N) is 1. The van der Waals surface area contributed by atoms with E-state index in [0.29, 0.717) is 13.0 Å². The van der Waals surface area contributed by atoms with Crippen LogP contribution in [0.15, 0.2) is 0 Å². The van der Waals surface area contributed by atoms with Gasteiger partial charge in [0.2, 0.25) is 0 Å². The highest BCUT2D eigenvalue weighted by atomic mass is 16.5. The third-order valence-corrected chi connectivity index (χ3v) is 5.39. The van der Waals surface area contributed by atoms with E-state index in [4.69, 9.17) is 10.00 Å². The van der Waals surface area contributed by atoms with Gasteiger partial charge in [-0.3, -0.25) is 0 Å². The van der Waals surface area contributed by atoms with Crippen LogP contribution in [-0.4, -0.2) is 12.2 Å². The third-order valence-electron chi connectivity index (χ3n) is 5.39. The number of nitriles is 1. The molecule has 0 amide bonds. The Hall–Kier alpha value is -0.550. The molecule has 0 spiro atoms. The molecule has 2 aliphatic rings. The Morgan fingerprint density at radius 3 is 2.68 bits per heavy atom. The number of hydrogen-bond acceptors (Lipinski definition) is 2. The summed E-state index contributed by atoms with van der Waals surface area (Å²) < 4.78 is 6.09. The zero-order valence-corrected chi connectivity index (χ0v) is 13.0. The summed E-state index contributed by atoms with van der Waals surface area (Å²) in [6, 6.07) is 2.18. The van der Waals surface area contributed by atoms with E-state index in [9.17, 15) is 0 Å². The van der Waals surface area contributed by atoms with Gasteiger partial charge in [0.15, 0.2) is 0 Å². The first kappa shape index (κ1) is 14.9. The van der Waals surface area contributed by atoms with E-state index in [1.54, 1.807) is 0 Å². The van der Waals surface area contributed by atoms with E-state index in [2.05, 4.69) is 33.8 Å². The predicted molar refractivity (Wildman–Crippen MR) is 77.5 cm³/mol. The Balaban J connectivity index is 2.04. The Labute approximate surface area is 118 Å². The summed E-state index contributed by atoms with van der Waals surface area (Å²) >= 11 is 0. The number of rotatable bonds is 4. The summed E-state index contributed by atoms with van der Waals surface area (Å²) in [4.78, 5) is 0. The normalized spacial score (nSPS) is 42.1. The maximum Gasteiger partial charge on any atom is 0.0660 e. The molecule has 2 rings (SSSR count). The maximum atomic E-state index is 8.66. The highest BCUT2D eigenvalue weighted by Crippen LogP contribution is 2.52. The van der Waals surface area contributed by atoms with Crippen molar-refractivity contribution >= 4 is 0 Å². The fourth-order valence-corrected chi connectivity index (χ4v) is 5.13. The summed E-state index contributed by atoms with van der Waals surface area (Å²) in [5.41, 5.74) is 0.0255. The lowest BCUT2D eigenvalue weighted by molar-refractivity contribution is -0.116. The van der Waals surface area contributed by atoms with Crippen molar-refractivity contribution in [1.29, 1.82) is 5.26 Å². The molecule has 0 radical (unpaired) electrons. The van der Waals surface area contributed by atoms with Gasteiger partial charge in [0.05, 0.1) is 24.7 Å². The minimum atomic E-state index is 0.0255. The zero-order chi connectivity index (χ0) is 14.0. The molecule has 0 saturated heterocycles. The van der Waals surface area contributed by atoms with Gasteiger partial charge in [0.1, 0.15) is 0 Å². The predicted octanol–water partition coefficient (Wildman–Crippen LogP) is 4.40. The molecule has 2 bridgehead atoms. The van der Waals surface area contributed by atoms with Crippen molar-refractivity contribution in [2.24, 2.45) is 29.6 Å². The van der Waals surface area contributed by atoms with Crippen molar-refractivity contribution in [3.05, 3.63) is 0 Å². The van der Waals surface area contributed by atoms with Gasteiger partial charge in [-0.15, -0.1) is 0 Å². The van der Waals surface area contributed by atoms with E-state index < -0.39 is 0 Å². The molecule has 2 heteroatoms. The fraction of sp³-hybridized carbons (Fsp3) is 0.941. The highest BCUT2D eigenvalue weighted by molar-refractivity contribution is 4.97. The highest BCUT2D eigenvalue weighted by Gasteiger charge is 2.46. The second kappa shape index (κ2) is 5.83. The van der Waals surface area contributed by atoms with Crippen LogP contribution < -0.4 is 0 Å². The molecule has 0 heterocycles. The summed E-state index contributed by atoms with van der Waals surface area (Å²) in [6.07, 6.45) is 5.70. The van der Waals surface area contributed by atoms with Crippen LogP contribution in [0.3, 0.4) is 0 Å². The Morgan fingerprint density at radius 1 is 1.32 bits per heavy atom. The lowest BCUT2D eigenvalue weighted by Gasteiger charge is -2.52. The van der Waals surface area contributed by atoms with Gasteiger partial charge in [-0.05, 0) is 62.2 Å². The Bertz CT molecular complexity index is 344. The first-order valence-corrected chi connectivity index (χ1v) is 7.96. The van der Waals surface area contributed by atoms with E-state index in [-0.39, 0.29) is 5.60 Å². The van der Waals surface area contributed by atoms with Crippen molar-refractivity contribution in [1.82, 2.24) is 0 Å². The van der Waals surface area contributed by atoms with Crippen LogP contribution in [0.4, 0.5) is 0 Å². The molecule has 2 saturated carbocycles. The lowest BCUT2D eigenvalue weighted by atomic mass is 9.56. The largest absolute Gasteiger partial charge is 0.374 e. The molecular weight excluding hydrogens is 234 g/mol. The van der Waals surface area contributed by atoms with Gasteiger partial charge < -0.3 is 4.74 Å². The number of fused-ring (bicyclic) bond motifs is 2. The maximum absolute atomic E-state index is 8.66. The number of ether oxygens (including phenoxy) is 1. The fourth-order valence-electron chi connectivity index (χ4n) is 5.13. The van der Waals surface area contributed by atoms with Gasteiger partial charge in [-0.1, -0.05) is 20.8 Å². The molecule has 5 atom stereocenters. The third kappa shape index (κ3) is 3.31. The van der Waals surface area contributed by atoms with Crippen LogP contribution in [0.5, 0.6) is 0 Å². The van der Waals surface area contributed by atoms with Crippen LogP contribution in [0.2, 0.25) is 0 Å². The van der Waals surface area contributed by atoms with Crippen LogP contribution >= 0.6 is 0 Å². The van der Waals surface area contributed by atoms with Crippen molar-refractivity contribution in [3.8, 4) is 6.07 Å². The molecule has 0 aromatic rings. The van der Waals surface area contributed by atoms with E-state index in [0.717, 1.165) is 29.6 Å². The molecule has 2 fully saturated rings. The zero-order valence-electron chi connectivity index (χ0n) is 13.0. The standard InChI is InChI=1S/C17H29NO/c1-12(2)16-13(3)8-14-9-15(16)11-17(4,10-14)19-7-5-6-18/h12-16H,5,7-11H2,1-4H3. The summed E-state index contributed by atoms with van der Waals surface area (Å²) in [5.74, 6) is 4.18. The average Bonchev–Trinajstić information content (AvgIpc) is 2.26. The molecule has 2 nitrogen and oxygen atoms in total. The van der Waals surface area contributed by atoms with Gasteiger partial charge in [-0.2, -0.15) is 5.26 Å². The molecule has 2 aliphatic carbocycles. The summed E-state index contributed by atoms with van der Waals surface area (Å²) in [6.45, 7) is 10.1. The first-order chi connectivity index (χ1) is 8.95. The van der Waals surface area contributed by atoms with Crippen molar-refractivity contribution in [3.63, 3.8) is 0 Å². The molecular formula is C17H29NO. The second-order valence-electron chi connectivity index (χ2n) is 7.51. The number of hydrogen-bond donors (Lipinski definition) is 0. The van der Waals surface area contributed by atoms with E-state index in [1.807, 2.05) is 0 Å². The van der Waals surface area contributed by atoms with Crippen LogP contribution in [0.25, 0.3) is 0 Å². The molecule has 0 aliphatic heterocycles. The van der Waals surface area contributed by atoms with Gasteiger partial charge >= 0.3 is 0 Å². The SMILES string of the molecule is CC(C)C1C(C)CC2CC1CC(C)(OCCC#N)C2. The molecule has 5 unspecified atom stereocenters. The minimum absolute atomic E-state index is 0.0255. The quantitative estimate of drug-likeness (QED) is 0.704. The van der Waals surface area contributed by atoms with Crippen LogP contribution in [0, 0.1) is 40.9 Å². The van der Waals surface area contributed by atoms with Crippen LogP contribution in [-0.2, 0) is 4.74 Å². The summed E-state index contributed by atoms with van der Waals surface area (Å²) in [7, 11) is 0. The van der Waals surface area contributed by atoms with Crippen molar-refractivity contribution in [2.45, 2.75) is 65.4 Å². The van der Waals surface area contributed by atoms with Crippen molar-refractivity contribution < 1.29 is 4.74 Å². The molecule has 0 aromatic heterocycles. The van der Waals surface area contributed by atoms with Gasteiger partial charge in [0.25, 0.3) is 0 Å². The monoisotopic (exact) mass is 263 g/mol. The van der Waals surface area contributed by atoms with Crippen molar-refractivity contribution in [2.75, 3.05) is 6.61 Å². The molecule has 108 valence electrons. The molecule has 19 heavy (non-hydrogen) atoms. The van der Waals surface area contributed by atoms with Crippen LogP contribution in [0.1, 0.15) is 59.8 Å². The topological polar surface area (TPSA) is 33.0 Å². The Kier molecular flexibility index (Phi) is 4.56. The second-order valence-corrected chi connectivity index (χ2v) is 7.51. The van der Waals surface area contributed by atoms with E-state index >= 15 is 0 Å². The first-order valence-electron chi connectivity index (χ1n) is 7.96.